The van der Waals surface area contributed by atoms with Gasteiger partial charge in [-0.1, -0.05) is 53.5 Å². The summed E-state index contributed by atoms with van der Waals surface area (Å²) in [6.07, 6.45) is 0.134. The summed E-state index contributed by atoms with van der Waals surface area (Å²) in [7, 11) is 4.70. The highest BCUT2D eigenvalue weighted by Gasteiger charge is 2.24. The molecular formula is C27H27Cl2N3O4. The molecule has 36 heavy (non-hydrogen) atoms. The number of hydrogen-bond acceptors (Lipinski definition) is 5. The third-order valence-corrected chi connectivity index (χ3v) is 6.69. The van der Waals surface area contributed by atoms with Gasteiger partial charge in [0.05, 0.1) is 34.9 Å². The Morgan fingerprint density at radius 1 is 1.11 bits per heavy atom. The fourth-order valence-electron chi connectivity index (χ4n) is 3.95. The molecule has 3 aromatic carbocycles. The second-order valence-electron chi connectivity index (χ2n) is 8.26. The highest BCUT2D eigenvalue weighted by Crippen LogP contribution is 2.33. The van der Waals surface area contributed by atoms with Gasteiger partial charge < -0.3 is 19.7 Å². The number of nitrogens with one attached hydrogen (secondary N) is 1. The minimum absolute atomic E-state index is 0.105. The van der Waals surface area contributed by atoms with E-state index in [9.17, 15) is 14.9 Å². The molecule has 0 aromatic heterocycles. The summed E-state index contributed by atoms with van der Waals surface area (Å²) >= 11 is 12.3. The molecule has 0 unspecified atom stereocenters. The number of nitriles is 1. The zero-order valence-electron chi connectivity index (χ0n) is 20.3. The Labute approximate surface area is 220 Å². The molecule has 0 saturated carbocycles. The van der Waals surface area contributed by atoms with E-state index in [2.05, 4.69) is 11.4 Å². The average Bonchev–Trinajstić information content (AvgIpc) is 2.89. The second-order valence-corrected chi connectivity index (χ2v) is 9.07. The molecule has 0 fully saturated rings. The molecule has 1 atom stereocenters. The largest absolute Gasteiger partial charge is 0.495 e. The Morgan fingerprint density at radius 3 is 2.53 bits per heavy atom. The van der Waals surface area contributed by atoms with Crippen LogP contribution in [0.25, 0.3) is 10.8 Å². The molecule has 0 aliphatic rings. The van der Waals surface area contributed by atoms with Crippen molar-refractivity contribution in [1.82, 2.24) is 10.2 Å². The van der Waals surface area contributed by atoms with Crippen molar-refractivity contribution in [2.75, 3.05) is 41.0 Å². The number of ether oxygens (including phenoxy) is 2. The Hall–Kier alpha value is -3.31. The first kappa shape index (κ1) is 27.3. The number of hydrogen-bond donors (Lipinski definition) is 1. The summed E-state index contributed by atoms with van der Waals surface area (Å²) in [6, 6.07) is 16.2. The zero-order valence-corrected chi connectivity index (χ0v) is 21.8. The lowest BCUT2D eigenvalue weighted by Crippen LogP contribution is -2.34. The molecule has 0 bridgehead atoms. The van der Waals surface area contributed by atoms with Crippen LogP contribution in [0.1, 0.15) is 33.8 Å². The monoisotopic (exact) mass is 527 g/mol. The molecule has 0 aliphatic carbocycles. The van der Waals surface area contributed by atoms with Crippen LogP contribution in [-0.2, 0) is 9.53 Å². The topological polar surface area (TPSA) is 91.7 Å². The lowest BCUT2D eigenvalue weighted by molar-refractivity contribution is -0.130. The van der Waals surface area contributed by atoms with Gasteiger partial charge in [0.25, 0.3) is 5.91 Å². The van der Waals surface area contributed by atoms with Gasteiger partial charge in [0.1, 0.15) is 11.8 Å². The fourth-order valence-corrected chi connectivity index (χ4v) is 4.25. The highest BCUT2D eigenvalue weighted by atomic mass is 35.5. The van der Waals surface area contributed by atoms with Crippen LogP contribution >= 0.6 is 23.2 Å². The second kappa shape index (κ2) is 12.6. The third kappa shape index (κ3) is 6.27. The van der Waals surface area contributed by atoms with Crippen molar-refractivity contribution in [2.45, 2.75) is 12.3 Å². The summed E-state index contributed by atoms with van der Waals surface area (Å²) < 4.78 is 10.5. The van der Waals surface area contributed by atoms with Gasteiger partial charge in [0, 0.05) is 39.6 Å². The molecule has 2 amide bonds. The molecule has 0 radical (unpaired) electrons. The minimum Gasteiger partial charge on any atom is -0.495 e. The highest BCUT2D eigenvalue weighted by molar-refractivity contribution is 6.42. The van der Waals surface area contributed by atoms with Gasteiger partial charge >= 0.3 is 0 Å². The van der Waals surface area contributed by atoms with Crippen LogP contribution in [0.3, 0.4) is 0 Å². The van der Waals surface area contributed by atoms with Crippen molar-refractivity contribution in [3.8, 4) is 11.8 Å². The molecule has 0 saturated heterocycles. The number of carbonyl (C=O) groups is 2. The van der Waals surface area contributed by atoms with Gasteiger partial charge in [-0.2, -0.15) is 5.26 Å². The van der Waals surface area contributed by atoms with E-state index in [1.165, 1.54) is 7.11 Å². The SMILES string of the molecule is COCCN(C)C(=O)C[C@H](CNC(=O)c1c(OC)c(C#N)cc2ccccc12)c1ccc(Cl)c(Cl)c1. The van der Waals surface area contributed by atoms with Crippen molar-refractivity contribution >= 4 is 45.8 Å². The Morgan fingerprint density at radius 2 is 1.86 bits per heavy atom. The first-order chi connectivity index (χ1) is 17.3. The number of carbonyl (C=O) groups excluding carboxylic acids is 2. The molecule has 9 heteroatoms. The predicted octanol–water partition coefficient (Wildman–Crippen LogP) is 5.04. The van der Waals surface area contributed by atoms with Crippen molar-refractivity contribution in [3.05, 3.63) is 75.3 Å². The summed E-state index contributed by atoms with van der Waals surface area (Å²) in [5, 5.41) is 14.7. The molecule has 1 N–H and O–H groups in total. The van der Waals surface area contributed by atoms with Crippen molar-refractivity contribution in [2.24, 2.45) is 0 Å². The first-order valence-corrected chi connectivity index (χ1v) is 12.0. The third-order valence-electron chi connectivity index (χ3n) is 5.95. The average molecular weight is 528 g/mol. The maximum atomic E-state index is 13.5. The van der Waals surface area contributed by atoms with Gasteiger partial charge in [0.2, 0.25) is 5.91 Å². The van der Waals surface area contributed by atoms with Crippen LogP contribution in [0.15, 0.2) is 48.5 Å². The molecule has 0 spiro atoms. The Kier molecular flexibility index (Phi) is 9.54. The van der Waals surface area contributed by atoms with Gasteiger partial charge in [-0.15, -0.1) is 0 Å². The summed E-state index contributed by atoms with van der Waals surface area (Å²) in [6.45, 7) is 1.01. The lowest BCUT2D eigenvalue weighted by atomic mass is 9.94. The normalized spacial score (nSPS) is 11.6. The number of benzene rings is 3. The van der Waals surface area contributed by atoms with Crippen molar-refractivity contribution < 1.29 is 19.1 Å². The fraction of sp³-hybridized carbons (Fsp3) is 0.296. The van der Waals surface area contributed by atoms with Crippen LogP contribution < -0.4 is 10.1 Å². The molecule has 0 aliphatic heterocycles. The minimum atomic E-state index is -0.412. The van der Waals surface area contributed by atoms with Crippen LogP contribution in [-0.4, -0.2) is 57.7 Å². The number of fused-ring (bicyclic) bond motifs is 1. The van der Waals surface area contributed by atoms with E-state index in [0.717, 1.165) is 10.9 Å². The Bertz CT molecular complexity index is 1310. The van der Waals surface area contributed by atoms with Crippen LogP contribution in [0.2, 0.25) is 10.0 Å². The maximum absolute atomic E-state index is 13.5. The first-order valence-electron chi connectivity index (χ1n) is 11.3. The van der Waals surface area contributed by atoms with Gasteiger partial charge in [-0.25, -0.2) is 0 Å². The maximum Gasteiger partial charge on any atom is 0.255 e. The molecular weight excluding hydrogens is 501 g/mol. The van der Waals surface area contributed by atoms with Gasteiger partial charge in [-0.3, -0.25) is 9.59 Å². The summed E-state index contributed by atoms with van der Waals surface area (Å²) in [4.78, 5) is 28.0. The number of methoxy groups -OCH3 is 2. The van der Waals surface area contributed by atoms with Crippen LogP contribution in [0.4, 0.5) is 0 Å². The molecule has 0 heterocycles. The van der Waals surface area contributed by atoms with E-state index >= 15 is 0 Å². The standard InChI is InChI=1S/C27H27Cl2N3O4/c1-32(10-11-35-2)24(33)14-20(17-8-9-22(28)23(29)13-17)16-31-27(34)25-21-7-5-4-6-18(21)12-19(15-30)26(25)36-3/h4-9,12-13,20H,10-11,14,16H2,1-3H3,(H,31,34)/t20-/m1/s1. The lowest BCUT2D eigenvalue weighted by Gasteiger charge is -2.23. The van der Waals surface area contributed by atoms with E-state index in [-0.39, 0.29) is 41.7 Å². The number of amides is 2. The molecule has 188 valence electrons. The quantitative estimate of drug-likeness (QED) is 0.399. The smallest absolute Gasteiger partial charge is 0.255 e. The number of likely N-dealkylation sites (N-methyl/N-ethyl adjacent to an activating group) is 1. The van der Waals surface area contributed by atoms with Crippen LogP contribution in [0, 0.1) is 11.3 Å². The van der Waals surface area contributed by atoms with Crippen LogP contribution in [0.5, 0.6) is 5.75 Å². The predicted molar refractivity (Wildman–Crippen MR) is 141 cm³/mol. The molecule has 3 rings (SSSR count). The van der Waals surface area contributed by atoms with E-state index in [1.54, 1.807) is 49.4 Å². The summed E-state index contributed by atoms with van der Waals surface area (Å²) in [5.41, 5.74) is 1.29. The van der Waals surface area contributed by atoms with E-state index in [1.807, 2.05) is 18.2 Å². The van der Waals surface area contributed by atoms with Gasteiger partial charge in [0.15, 0.2) is 0 Å². The number of rotatable bonds is 10. The summed E-state index contributed by atoms with van der Waals surface area (Å²) in [5.74, 6) is -0.690. The van der Waals surface area contributed by atoms with E-state index in [4.69, 9.17) is 32.7 Å². The molecule has 7 nitrogen and oxygen atoms in total. The van der Waals surface area contributed by atoms with Crippen molar-refractivity contribution in [1.29, 1.82) is 5.26 Å². The Balaban J connectivity index is 1.92. The zero-order chi connectivity index (χ0) is 26.2. The molecule has 3 aromatic rings. The van der Waals surface area contributed by atoms with E-state index in [0.29, 0.717) is 28.6 Å². The number of nitrogens with zero attached hydrogens (tertiary/aromatic N) is 2. The van der Waals surface area contributed by atoms with E-state index < -0.39 is 5.91 Å². The van der Waals surface area contributed by atoms with Gasteiger partial charge in [-0.05, 0) is 34.5 Å². The number of halogens is 2. The van der Waals surface area contributed by atoms with Crippen molar-refractivity contribution in [3.63, 3.8) is 0 Å².